The minimum Gasteiger partial charge on any atom is -0.382 e. The number of rotatable bonds is 26. The molecular weight excluding hydrogens is 1140 g/mol. The molecule has 0 aliphatic carbocycles. The molecule has 8 N–H and O–H groups in total. The van der Waals surface area contributed by atoms with E-state index in [1.54, 1.807) is 60.7 Å². The van der Waals surface area contributed by atoms with Crippen LogP contribution in [0.3, 0.4) is 0 Å². The van der Waals surface area contributed by atoms with Gasteiger partial charge in [-0.2, -0.15) is 12.9 Å². The number of ether oxygens (including phenoxy) is 6. The number of hydrogen-bond acceptors (Lipinski definition) is 23. The van der Waals surface area contributed by atoms with E-state index in [0.29, 0.717) is 0 Å². The number of phosphoric ester groups is 2. The number of anilines is 2. The Balaban J connectivity index is 0.826. The van der Waals surface area contributed by atoms with Crippen LogP contribution in [0.15, 0.2) is 147 Å². The van der Waals surface area contributed by atoms with Gasteiger partial charge in [-0.15, -0.1) is 0 Å². The Morgan fingerprint density at radius 2 is 0.741 bits per heavy atom. The molecule has 2 aliphatic heterocycles. The summed E-state index contributed by atoms with van der Waals surface area (Å²) in [5.41, 5.74) is 16.0. The van der Waals surface area contributed by atoms with Crippen LogP contribution in [0.4, 0.5) is 11.6 Å². The van der Waals surface area contributed by atoms with Crippen molar-refractivity contribution < 1.29 is 88.2 Å². The maximum atomic E-state index is 13.5. The van der Waals surface area contributed by atoms with Crippen LogP contribution in [0.1, 0.15) is 34.7 Å². The number of aromatic nitrogens is 8. The maximum Gasteiger partial charge on any atom is 0.490 e. The standard InChI is InChI=1S/C48H52N10O19P4/c49-43-37-45(53-27-51-43)57(29-55-37)47-41(69-23-33-17-9-3-10-18-33)39(67-21-31-13-5-1-6-14-31)35(73-47)25-71-78(59,60)75-80(63,64)77-81(65,66)76-79(61,62)72-26-36-40(68-22-32-15-7-2-8-16-32)42(70-24-34-19-11-4-12-20-34)48(74-36)58-30-56-38-44(50)52-28-54-46(38)58/h1-20,27-30,35-36,39-42,47-48H,21-26H2,(H,59,60)(H,61,62)(H,63,64)(H,65,66)(H2,49,51,53)(H2,50,52,54)/t35-,36-,39-,40-,41-,42-,47-,48-/m1/s1. The highest BCUT2D eigenvalue weighted by Gasteiger charge is 2.52. The lowest BCUT2D eigenvalue weighted by Gasteiger charge is -2.26. The predicted octanol–water partition coefficient (Wildman–Crippen LogP) is 6.45. The molecule has 2 aliphatic rings. The van der Waals surface area contributed by atoms with E-state index >= 15 is 0 Å². The molecule has 0 bridgehead atoms. The third kappa shape index (κ3) is 14.6. The van der Waals surface area contributed by atoms with Gasteiger partial charge >= 0.3 is 31.3 Å². The van der Waals surface area contributed by atoms with Crippen molar-refractivity contribution in [3.05, 3.63) is 169 Å². The molecule has 4 unspecified atom stereocenters. The first-order chi connectivity index (χ1) is 38.9. The van der Waals surface area contributed by atoms with Crippen LogP contribution in [0.25, 0.3) is 22.3 Å². The number of nitrogens with zero attached hydrogens (tertiary/aromatic N) is 8. The Kier molecular flexibility index (Phi) is 18.1. The highest BCUT2D eigenvalue weighted by molar-refractivity contribution is 7.69. The van der Waals surface area contributed by atoms with Gasteiger partial charge in [-0.1, -0.05) is 121 Å². The van der Waals surface area contributed by atoms with Crippen molar-refractivity contribution in [3.8, 4) is 0 Å². The SMILES string of the molecule is Nc1ncnc2c1ncn2[C@@H]1O[C@H](COP(=O)(O)OP(=O)(O)OP(=O)(O)OP(=O)(O)OC[C@H]2O[C@@H](n3cnc4c(N)ncnc43)[C@H](OCc3ccccc3)[C@@H]2OCc2ccccc2)[C@@H](OCc2ccccc2)[C@H]1OCc1ccccc1. The molecule has 0 saturated carbocycles. The third-order valence-electron chi connectivity index (χ3n) is 12.5. The molecule has 2 saturated heterocycles. The van der Waals surface area contributed by atoms with Crippen molar-refractivity contribution in [3.63, 3.8) is 0 Å². The molecule has 0 amide bonds. The molecular formula is C48H52N10O19P4. The van der Waals surface area contributed by atoms with Gasteiger partial charge in [0, 0.05) is 0 Å². The van der Waals surface area contributed by atoms with E-state index in [0.717, 1.165) is 22.3 Å². The Bertz CT molecular complexity index is 3370. The van der Waals surface area contributed by atoms with E-state index in [1.165, 1.54) is 34.4 Å². The van der Waals surface area contributed by atoms with Gasteiger partial charge in [-0.25, -0.2) is 48.2 Å². The van der Waals surface area contributed by atoms with E-state index < -0.39 is 93.6 Å². The van der Waals surface area contributed by atoms with Crippen molar-refractivity contribution in [2.75, 3.05) is 24.7 Å². The summed E-state index contributed by atoms with van der Waals surface area (Å²) in [7, 11) is -24.2. The Morgan fingerprint density at radius 1 is 0.432 bits per heavy atom. The minimum atomic E-state index is -6.27. The molecule has 10 rings (SSSR count). The highest BCUT2D eigenvalue weighted by Crippen LogP contribution is 2.71. The van der Waals surface area contributed by atoms with E-state index in [4.69, 9.17) is 48.9 Å². The average molecular weight is 1200 g/mol. The molecule has 0 spiro atoms. The quantitative estimate of drug-likeness (QED) is 0.0317. The number of hydrogen-bond donors (Lipinski definition) is 6. The zero-order valence-corrected chi connectivity index (χ0v) is 45.7. The van der Waals surface area contributed by atoms with Crippen LogP contribution in [0, 0.1) is 0 Å². The number of nitrogens with two attached hydrogens (primary N) is 2. The van der Waals surface area contributed by atoms with Gasteiger partial charge in [0.2, 0.25) is 0 Å². The summed E-state index contributed by atoms with van der Waals surface area (Å²) >= 11 is 0. The third-order valence-corrected chi connectivity index (χ3v) is 18.4. The predicted molar refractivity (Wildman–Crippen MR) is 282 cm³/mol. The van der Waals surface area contributed by atoms with Gasteiger partial charge in [0.25, 0.3) is 0 Å². The maximum absolute atomic E-state index is 13.5. The summed E-state index contributed by atoms with van der Waals surface area (Å²) < 4.78 is 118. The van der Waals surface area contributed by atoms with Crippen molar-refractivity contribution >= 4 is 65.3 Å². The summed E-state index contributed by atoms with van der Waals surface area (Å²) in [5.74, 6) is 0.120. The normalized spacial score (nSPS) is 24.1. The van der Waals surface area contributed by atoms with Crippen molar-refractivity contribution in [1.82, 2.24) is 39.0 Å². The first-order valence-corrected chi connectivity index (χ1v) is 30.4. The second-order valence-electron chi connectivity index (χ2n) is 18.1. The van der Waals surface area contributed by atoms with E-state index in [1.807, 2.05) is 60.7 Å². The average Bonchev–Trinajstić information content (AvgIpc) is 4.24. The zero-order valence-electron chi connectivity index (χ0n) is 42.2. The van der Waals surface area contributed by atoms with Crippen molar-refractivity contribution in [2.24, 2.45) is 0 Å². The molecule has 6 heterocycles. The Morgan fingerprint density at radius 3 is 1.07 bits per heavy atom. The molecule has 0 radical (unpaired) electrons. The lowest BCUT2D eigenvalue weighted by atomic mass is 10.1. The second-order valence-corrected chi connectivity index (χ2v) is 24.3. The monoisotopic (exact) mass is 1200 g/mol. The summed E-state index contributed by atoms with van der Waals surface area (Å²) in [4.78, 5) is 68.1. The number of fused-ring (bicyclic) bond motifs is 2. The van der Waals surface area contributed by atoms with Crippen LogP contribution in [0.2, 0.25) is 0 Å². The topological polar surface area (TPSA) is 390 Å². The first kappa shape index (κ1) is 58.1. The number of nitrogen functional groups attached to an aromatic ring is 2. The number of imidazole rings is 2. The lowest BCUT2D eigenvalue weighted by molar-refractivity contribution is -0.0898. The molecule has 428 valence electrons. The first-order valence-electron chi connectivity index (χ1n) is 24.4. The van der Waals surface area contributed by atoms with E-state index in [2.05, 4.69) is 42.8 Å². The van der Waals surface area contributed by atoms with Gasteiger partial charge in [-0.05, 0) is 22.3 Å². The fraction of sp³-hybridized carbons (Fsp3) is 0.292. The minimum absolute atomic E-state index is 0.0229. The van der Waals surface area contributed by atoms with Crippen LogP contribution >= 0.6 is 31.3 Å². The van der Waals surface area contributed by atoms with Crippen LogP contribution in [-0.4, -0.2) is 108 Å². The zero-order chi connectivity index (χ0) is 56.8. The molecule has 8 aromatic rings. The Labute approximate surface area is 460 Å². The smallest absolute Gasteiger partial charge is 0.382 e. The Hall–Kier alpha value is -6.10. The van der Waals surface area contributed by atoms with Crippen LogP contribution in [0.5, 0.6) is 0 Å². The van der Waals surface area contributed by atoms with E-state index in [9.17, 15) is 37.8 Å². The van der Waals surface area contributed by atoms with Gasteiger partial charge in [0.1, 0.15) is 60.3 Å². The molecule has 2 fully saturated rings. The fourth-order valence-corrected chi connectivity index (χ4v) is 13.8. The molecule has 4 aromatic carbocycles. The molecule has 81 heavy (non-hydrogen) atoms. The van der Waals surface area contributed by atoms with Crippen molar-refractivity contribution in [2.45, 2.75) is 75.5 Å². The number of benzene rings is 4. The van der Waals surface area contributed by atoms with Crippen LogP contribution < -0.4 is 11.5 Å². The van der Waals surface area contributed by atoms with Gasteiger partial charge < -0.3 is 59.5 Å². The van der Waals surface area contributed by atoms with Gasteiger partial charge in [-0.3, -0.25) is 18.2 Å². The van der Waals surface area contributed by atoms with Crippen LogP contribution in [-0.2, 0) is 95.1 Å². The molecule has 12 atom stereocenters. The fourth-order valence-electron chi connectivity index (χ4n) is 8.87. The second kappa shape index (κ2) is 25.2. The molecule has 4 aromatic heterocycles. The highest BCUT2D eigenvalue weighted by atomic mass is 31.3. The summed E-state index contributed by atoms with van der Waals surface area (Å²) in [5, 5.41) is 0. The largest absolute Gasteiger partial charge is 0.490 e. The molecule has 29 nitrogen and oxygen atoms in total. The van der Waals surface area contributed by atoms with Crippen molar-refractivity contribution in [1.29, 1.82) is 0 Å². The number of phosphoric acid groups is 4. The summed E-state index contributed by atoms with van der Waals surface area (Å²) in [6, 6.07) is 36.1. The van der Waals surface area contributed by atoms with E-state index in [-0.39, 0.29) is 60.4 Å². The molecule has 33 heteroatoms. The van der Waals surface area contributed by atoms with Gasteiger partial charge in [0.05, 0.1) is 52.3 Å². The summed E-state index contributed by atoms with van der Waals surface area (Å²) in [6.07, 6.45) is -4.19. The van der Waals surface area contributed by atoms with Gasteiger partial charge in [0.15, 0.2) is 35.4 Å². The lowest BCUT2D eigenvalue weighted by Crippen LogP contribution is -2.38. The summed E-state index contributed by atoms with van der Waals surface area (Å²) in [6.45, 7) is -1.87.